The summed E-state index contributed by atoms with van der Waals surface area (Å²) in [5.74, 6) is 0.473. The van der Waals surface area contributed by atoms with E-state index in [1.54, 1.807) is 0 Å². The molecule has 4 heterocycles. The van der Waals surface area contributed by atoms with Crippen molar-refractivity contribution in [3.05, 3.63) is 219 Å². The largest absolute Gasteiger partial charge is 0.456 e. The fraction of sp³-hybridized carbons (Fsp3) is 0. The minimum atomic E-state index is 0.473. The molecule has 0 aliphatic carbocycles. The van der Waals surface area contributed by atoms with E-state index in [-0.39, 0.29) is 0 Å². The molecule has 15 aromatic rings. The van der Waals surface area contributed by atoms with Gasteiger partial charge in [-0.2, -0.15) is 4.98 Å². The van der Waals surface area contributed by atoms with E-state index in [2.05, 4.69) is 192 Å². The second kappa shape index (κ2) is 14.5. The molecule has 0 saturated heterocycles. The average molecular weight is 885 g/mol. The number of furan rings is 3. The predicted molar refractivity (Wildman–Crippen MR) is 283 cm³/mol. The Morgan fingerprint density at radius 1 is 0.290 bits per heavy atom. The van der Waals surface area contributed by atoms with Gasteiger partial charge in [0, 0.05) is 73.5 Å². The fourth-order valence-corrected chi connectivity index (χ4v) is 10.7. The maximum atomic E-state index is 6.87. The third-order valence-electron chi connectivity index (χ3n) is 13.9. The lowest BCUT2D eigenvalue weighted by Gasteiger charge is -2.27. The van der Waals surface area contributed by atoms with Gasteiger partial charge in [-0.25, -0.2) is 4.98 Å². The predicted octanol–water partition coefficient (Wildman–Crippen LogP) is 17.7. The van der Waals surface area contributed by atoms with Crippen molar-refractivity contribution in [1.82, 2.24) is 9.97 Å². The Morgan fingerprint density at radius 2 is 0.681 bits per heavy atom. The van der Waals surface area contributed by atoms with Crippen LogP contribution in [0.25, 0.3) is 109 Å². The van der Waals surface area contributed by atoms with Gasteiger partial charge in [-0.3, -0.25) is 4.90 Å². The summed E-state index contributed by atoms with van der Waals surface area (Å²) >= 11 is 0. The summed E-state index contributed by atoms with van der Waals surface area (Å²) in [5, 5.41) is 15.2. The van der Waals surface area contributed by atoms with Crippen LogP contribution in [0.5, 0.6) is 0 Å². The molecule has 0 fully saturated rings. The second-order valence-corrected chi connectivity index (χ2v) is 17.7. The quantitative estimate of drug-likeness (QED) is 0.154. The molecule has 0 spiro atoms. The third-order valence-corrected chi connectivity index (χ3v) is 13.9. The fourth-order valence-electron chi connectivity index (χ4n) is 10.7. The average Bonchev–Trinajstić information content (AvgIpc) is 4.09. The third kappa shape index (κ3) is 5.74. The van der Waals surface area contributed by atoms with E-state index < -0.39 is 0 Å². The summed E-state index contributed by atoms with van der Waals surface area (Å²) in [6, 6.07) is 74.4. The molecule has 0 atom stereocenters. The summed E-state index contributed by atoms with van der Waals surface area (Å²) in [7, 11) is 0. The van der Waals surface area contributed by atoms with Crippen molar-refractivity contribution in [3.63, 3.8) is 0 Å². The highest BCUT2D eigenvalue weighted by molar-refractivity contribution is 6.17. The zero-order chi connectivity index (χ0) is 45.2. The Morgan fingerprint density at radius 3 is 1.22 bits per heavy atom. The van der Waals surface area contributed by atoms with Crippen LogP contribution >= 0.6 is 0 Å². The molecule has 0 N–H and O–H groups in total. The minimum absolute atomic E-state index is 0.473. The molecule has 7 nitrogen and oxygen atoms in total. The first-order chi connectivity index (χ1) is 34.2. The second-order valence-electron chi connectivity index (χ2n) is 17.7. The molecule has 11 aromatic carbocycles. The number of nitrogens with zero attached hydrogens (tertiary/aromatic N) is 4. The molecule has 0 bridgehead atoms. The van der Waals surface area contributed by atoms with Crippen LogP contribution in [-0.4, -0.2) is 9.97 Å². The lowest BCUT2D eigenvalue weighted by atomic mass is 9.99. The first-order valence-electron chi connectivity index (χ1n) is 23.1. The zero-order valence-corrected chi connectivity index (χ0v) is 36.8. The number of para-hydroxylation sites is 2. The van der Waals surface area contributed by atoms with Gasteiger partial charge >= 0.3 is 0 Å². The SMILES string of the molecule is c1ccc2c(c1)cc(N(c1ccc3c(c1)oc1ccccc13)c1ccc3c(c1)oc1nc(N(c4ccc5c(c4)oc4ccccc45)c4cc5ccccc5c5ccccc45)ncc13)c1ccccc12. The molecule has 0 unspecified atom stereocenters. The topological polar surface area (TPSA) is 71.7 Å². The first kappa shape index (κ1) is 37.7. The summed E-state index contributed by atoms with van der Waals surface area (Å²) in [5.41, 5.74) is 9.21. The maximum absolute atomic E-state index is 6.87. The molecule has 0 amide bonds. The number of anilines is 6. The summed E-state index contributed by atoms with van der Waals surface area (Å²) in [6.07, 6.45) is 1.89. The maximum Gasteiger partial charge on any atom is 0.237 e. The molecule has 0 radical (unpaired) electrons. The molecular weight excluding hydrogens is 849 g/mol. The number of fused-ring (bicyclic) bond motifs is 15. The standard InChI is InChI=1S/C62H36N4O3/c1-3-15-42-37(13-1)31-54(46-19-7-5-17-44(42)46)65(39-25-28-50-48-21-9-11-23-56(48)67-58(50)33-39)40-26-30-52-53-36-63-62(64-61(53)69-60(52)34-40)66(41-27-29-51-49-22-10-12-24-57(49)68-59(51)35-41)55-32-38-14-2-4-16-43(38)45-18-6-8-20-47(45)55/h1-36H. The highest BCUT2D eigenvalue weighted by Gasteiger charge is 2.24. The van der Waals surface area contributed by atoms with Gasteiger partial charge in [0.15, 0.2) is 0 Å². The van der Waals surface area contributed by atoms with Gasteiger partial charge in [0.2, 0.25) is 11.7 Å². The first-order valence-corrected chi connectivity index (χ1v) is 23.1. The van der Waals surface area contributed by atoms with Crippen LogP contribution in [0.3, 0.4) is 0 Å². The van der Waals surface area contributed by atoms with Crippen molar-refractivity contribution in [1.29, 1.82) is 0 Å². The highest BCUT2D eigenvalue weighted by atomic mass is 16.3. The van der Waals surface area contributed by atoms with Gasteiger partial charge in [-0.05, 0) is 93.0 Å². The zero-order valence-electron chi connectivity index (χ0n) is 36.8. The highest BCUT2D eigenvalue weighted by Crippen LogP contribution is 2.47. The van der Waals surface area contributed by atoms with Gasteiger partial charge in [0.1, 0.15) is 27.9 Å². The van der Waals surface area contributed by atoms with Crippen LogP contribution in [0.4, 0.5) is 34.4 Å². The molecule has 4 aromatic heterocycles. The van der Waals surface area contributed by atoms with E-state index in [0.29, 0.717) is 17.2 Å². The van der Waals surface area contributed by atoms with Gasteiger partial charge in [0.25, 0.3) is 0 Å². The summed E-state index contributed by atoms with van der Waals surface area (Å²) in [4.78, 5) is 14.9. The molecular formula is C62H36N4O3. The number of rotatable bonds is 6. The lowest BCUT2D eigenvalue weighted by Crippen LogP contribution is -2.13. The Labute approximate surface area is 393 Å². The van der Waals surface area contributed by atoms with Crippen molar-refractivity contribution >= 4 is 143 Å². The lowest BCUT2D eigenvalue weighted by molar-refractivity contribution is 0.653. The molecule has 15 rings (SSSR count). The van der Waals surface area contributed by atoms with E-state index in [1.165, 1.54) is 16.2 Å². The van der Waals surface area contributed by atoms with Crippen molar-refractivity contribution in [2.24, 2.45) is 0 Å². The van der Waals surface area contributed by atoms with Crippen molar-refractivity contribution in [3.8, 4) is 0 Å². The van der Waals surface area contributed by atoms with Crippen LogP contribution in [0.1, 0.15) is 0 Å². The molecule has 7 heteroatoms. The number of hydrogen-bond donors (Lipinski definition) is 0. The number of aromatic nitrogens is 2. The molecule has 69 heavy (non-hydrogen) atoms. The summed E-state index contributed by atoms with van der Waals surface area (Å²) in [6.45, 7) is 0. The molecule has 322 valence electrons. The Hall–Kier alpha value is -9.46. The Kier molecular flexibility index (Phi) is 7.94. The molecule has 0 aliphatic rings. The monoisotopic (exact) mass is 884 g/mol. The van der Waals surface area contributed by atoms with Crippen molar-refractivity contribution in [2.45, 2.75) is 0 Å². The van der Waals surface area contributed by atoms with E-state index in [4.69, 9.17) is 23.2 Å². The van der Waals surface area contributed by atoms with Crippen molar-refractivity contribution in [2.75, 3.05) is 9.80 Å². The summed E-state index contributed by atoms with van der Waals surface area (Å²) < 4.78 is 19.8. The number of hydrogen-bond acceptors (Lipinski definition) is 7. The number of benzene rings is 11. The van der Waals surface area contributed by atoms with Crippen LogP contribution in [0, 0.1) is 0 Å². The van der Waals surface area contributed by atoms with E-state index in [9.17, 15) is 0 Å². The van der Waals surface area contributed by atoms with Crippen LogP contribution in [0.15, 0.2) is 232 Å². The van der Waals surface area contributed by atoms with Gasteiger partial charge < -0.3 is 18.2 Å². The minimum Gasteiger partial charge on any atom is -0.456 e. The molecule has 0 aliphatic heterocycles. The van der Waals surface area contributed by atoms with Gasteiger partial charge in [0.05, 0.1) is 22.4 Å². The van der Waals surface area contributed by atoms with Crippen molar-refractivity contribution < 1.29 is 13.3 Å². The van der Waals surface area contributed by atoms with E-state index in [0.717, 1.165) is 110 Å². The normalized spacial score (nSPS) is 12.1. The van der Waals surface area contributed by atoms with Crippen LogP contribution in [-0.2, 0) is 0 Å². The van der Waals surface area contributed by atoms with Crippen LogP contribution in [0.2, 0.25) is 0 Å². The Balaban J connectivity index is 0.933. The van der Waals surface area contributed by atoms with Gasteiger partial charge in [-0.1, -0.05) is 133 Å². The molecule has 0 saturated carbocycles. The van der Waals surface area contributed by atoms with Gasteiger partial charge in [-0.15, -0.1) is 0 Å². The van der Waals surface area contributed by atoms with E-state index >= 15 is 0 Å². The van der Waals surface area contributed by atoms with E-state index in [1.807, 2.05) is 36.5 Å². The smallest absolute Gasteiger partial charge is 0.237 e. The Bertz CT molecular complexity index is 4310. The van der Waals surface area contributed by atoms with Crippen LogP contribution < -0.4 is 9.80 Å².